The Balaban J connectivity index is 1.83. The van der Waals surface area contributed by atoms with Crippen molar-refractivity contribution in [1.82, 2.24) is 10.4 Å². The van der Waals surface area contributed by atoms with E-state index in [9.17, 15) is 4.79 Å². The molecule has 2 fully saturated rings. The average molecular weight is 284 g/mol. The number of hydrogen-bond donors (Lipinski definition) is 2. The Bertz CT molecular complexity index is 390. The number of piperidine rings is 1. The van der Waals surface area contributed by atoms with Crippen molar-refractivity contribution in [2.75, 3.05) is 13.1 Å². The van der Waals surface area contributed by atoms with E-state index >= 15 is 0 Å². The Kier molecular flexibility index (Phi) is 4.25. The number of nitrogens with one attached hydrogen (secondary N) is 1. The fraction of sp³-hybridized carbons (Fsp3) is 0.786. The Labute approximate surface area is 119 Å². The second kappa shape index (κ2) is 5.61. The molecule has 1 saturated heterocycles. The summed E-state index contributed by atoms with van der Waals surface area (Å²) in [5.41, 5.74) is 2.90. The smallest absolute Gasteiger partial charge is 0.410 e. The molecule has 0 aromatic carbocycles. The first kappa shape index (κ1) is 15.1. The highest BCUT2D eigenvalue weighted by Gasteiger charge is 2.56. The molecule has 1 amide bonds. The molecule has 6 nitrogen and oxygen atoms in total. The Morgan fingerprint density at radius 2 is 2.00 bits per heavy atom. The van der Waals surface area contributed by atoms with Gasteiger partial charge in [-0.15, -0.1) is 4.99 Å². The van der Waals surface area contributed by atoms with Gasteiger partial charge in [-0.2, -0.15) is 0 Å². The van der Waals surface area contributed by atoms with E-state index in [-0.39, 0.29) is 6.09 Å². The molecule has 1 aliphatic heterocycles. The molecule has 0 radical (unpaired) electrons. The fourth-order valence-corrected chi connectivity index (χ4v) is 2.81. The van der Waals surface area contributed by atoms with Gasteiger partial charge in [0.2, 0.25) is 0 Å². The Morgan fingerprint density at radius 3 is 2.45 bits per heavy atom. The summed E-state index contributed by atoms with van der Waals surface area (Å²) >= 11 is 0. The van der Waals surface area contributed by atoms with Crippen molar-refractivity contribution in [1.29, 1.82) is 0 Å². The molecular formula is C14H24N2O4. The lowest BCUT2D eigenvalue weighted by atomic mass is 10.2. The number of ether oxygens (including phenoxy) is 1. The summed E-state index contributed by atoms with van der Waals surface area (Å²) in [5.74, 6) is 1.47. The molecule has 3 atom stereocenters. The second-order valence-corrected chi connectivity index (χ2v) is 6.53. The summed E-state index contributed by atoms with van der Waals surface area (Å²) < 4.78 is 5.37. The van der Waals surface area contributed by atoms with Gasteiger partial charge in [0.05, 0.1) is 0 Å². The number of rotatable bonds is 4. The van der Waals surface area contributed by atoms with Gasteiger partial charge in [-0.1, -0.05) is 13.0 Å². The zero-order chi connectivity index (χ0) is 14.9. The summed E-state index contributed by atoms with van der Waals surface area (Å²) in [6.45, 7) is 9.11. The first-order valence-corrected chi connectivity index (χ1v) is 7.10. The van der Waals surface area contributed by atoms with Crippen LogP contribution in [0.1, 0.15) is 34.1 Å². The number of amides is 1. The fourth-order valence-electron chi connectivity index (χ4n) is 2.81. The van der Waals surface area contributed by atoms with Gasteiger partial charge >= 0.3 is 6.09 Å². The maximum atomic E-state index is 11.9. The molecule has 2 rings (SSSR count). The highest BCUT2D eigenvalue weighted by atomic mass is 17.2. The third-order valence-electron chi connectivity index (χ3n) is 3.86. The molecule has 0 spiro atoms. The maximum absolute atomic E-state index is 11.9. The van der Waals surface area contributed by atoms with Crippen LogP contribution in [-0.4, -0.2) is 34.9 Å². The normalized spacial score (nSPS) is 29.1. The molecule has 0 aromatic heterocycles. The molecule has 0 aromatic rings. The SMILES string of the molecule is CC/C(=C\C1[C@H]2CN(C(=O)OC(C)(C)C)C[C@@H]12)NOO. The molecule has 114 valence electrons. The lowest BCUT2D eigenvalue weighted by Gasteiger charge is -2.25. The Hall–Kier alpha value is -1.27. The lowest BCUT2D eigenvalue weighted by Crippen LogP contribution is -2.37. The summed E-state index contributed by atoms with van der Waals surface area (Å²) in [5, 5.41) is 8.41. The topological polar surface area (TPSA) is 71.0 Å². The third kappa shape index (κ3) is 3.43. The molecule has 1 heterocycles. The van der Waals surface area contributed by atoms with Crippen molar-refractivity contribution in [3.05, 3.63) is 11.8 Å². The van der Waals surface area contributed by atoms with Crippen LogP contribution >= 0.6 is 0 Å². The standard InChI is InChI=1S/C14H24N2O4/c1-5-9(15-20-18)6-10-11-7-16(8-12(10)11)13(17)19-14(2,3)4/h6,10-12,15,18H,5,7-8H2,1-4H3/b9-6+/t10?,11-,12+. The minimum absolute atomic E-state index is 0.222. The van der Waals surface area contributed by atoms with E-state index in [2.05, 4.69) is 16.5 Å². The number of allylic oxidation sites excluding steroid dienone is 2. The molecule has 1 unspecified atom stereocenters. The van der Waals surface area contributed by atoms with Crippen LogP contribution in [0.3, 0.4) is 0 Å². The number of hydrogen-bond acceptors (Lipinski definition) is 5. The van der Waals surface area contributed by atoms with Crippen LogP contribution in [-0.2, 0) is 9.73 Å². The molecule has 1 saturated carbocycles. The number of fused-ring (bicyclic) bond motifs is 1. The minimum atomic E-state index is -0.444. The summed E-state index contributed by atoms with van der Waals surface area (Å²) in [6.07, 6.45) is 2.64. The van der Waals surface area contributed by atoms with E-state index in [1.807, 2.05) is 27.7 Å². The molecule has 2 aliphatic rings. The number of carbonyl (C=O) groups excluding carboxylic acids is 1. The average Bonchev–Trinajstić information content (AvgIpc) is 2.80. The van der Waals surface area contributed by atoms with E-state index in [4.69, 9.17) is 9.99 Å². The van der Waals surface area contributed by atoms with Gasteiger partial charge in [-0.05, 0) is 44.9 Å². The van der Waals surface area contributed by atoms with Crippen LogP contribution in [0.5, 0.6) is 0 Å². The molecule has 6 heteroatoms. The van der Waals surface area contributed by atoms with E-state index in [1.165, 1.54) is 0 Å². The quantitative estimate of drug-likeness (QED) is 0.612. The molecule has 1 aliphatic carbocycles. The third-order valence-corrected chi connectivity index (χ3v) is 3.86. The maximum Gasteiger partial charge on any atom is 0.410 e. The van der Waals surface area contributed by atoms with Crippen molar-refractivity contribution in [3.63, 3.8) is 0 Å². The van der Waals surface area contributed by atoms with E-state index in [0.717, 1.165) is 25.2 Å². The Morgan fingerprint density at radius 1 is 1.40 bits per heavy atom. The van der Waals surface area contributed by atoms with Gasteiger partial charge in [-0.25, -0.2) is 15.5 Å². The van der Waals surface area contributed by atoms with E-state index in [0.29, 0.717) is 17.8 Å². The molecule has 20 heavy (non-hydrogen) atoms. The minimum Gasteiger partial charge on any atom is -0.444 e. The van der Waals surface area contributed by atoms with Crippen molar-refractivity contribution >= 4 is 6.09 Å². The van der Waals surface area contributed by atoms with Crippen LogP contribution < -0.4 is 5.48 Å². The largest absolute Gasteiger partial charge is 0.444 e. The van der Waals surface area contributed by atoms with Gasteiger partial charge < -0.3 is 9.64 Å². The summed E-state index contributed by atoms with van der Waals surface area (Å²) in [7, 11) is 0. The van der Waals surface area contributed by atoms with E-state index < -0.39 is 5.60 Å². The van der Waals surface area contributed by atoms with Gasteiger partial charge in [0.1, 0.15) is 5.60 Å². The van der Waals surface area contributed by atoms with Gasteiger partial charge in [0, 0.05) is 18.8 Å². The predicted molar refractivity (Wildman–Crippen MR) is 73.5 cm³/mol. The van der Waals surface area contributed by atoms with Crippen molar-refractivity contribution < 1.29 is 19.8 Å². The monoisotopic (exact) mass is 284 g/mol. The summed E-state index contributed by atoms with van der Waals surface area (Å²) in [6, 6.07) is 0. The van der Waals surface area contributed by atoms with Gasteiger partial charge in [0.25, 0.3) is 0 Å². The second-order valence-electron chi connectivity index (χ2n) is 6.53. The highest BCUT2D eigenvalue weighted by molar-refractivity contribution is 5.69. The number of likely N-dealkylation sites (tertiary alicyclic amines) is 1. The first-order chi connectivity index (χ1) is 9.35. The van der Waals surface area contributed by atoms with Crippen LogP contribution in [0.25, 0.3) is 0 Å². The van der Waals surface area contributed by atoms with Crippen molar-refractivity contribution in [2.24, 2.45) is 17.8 Å². The van der Waals surface area contributed by atoms with Crippen molar-refractivity contribution in [2.45, 2.75) is 39.7 Å². The van der Waals surface area contributed by atoms with Crippen molar-refractivity contribution in [3.8, 4) is 0 Å². The number of hydroxylamine groups is 1. The highest BCUT2D eigenvalue weighted by Crippen LogP contribution is 2.53. The van der Waals surface area contributed by atoms with Crippen LogP contribution in [0.2, 0.25) is 0 Å². The molecular weight excluding hydrogens is 260 g/mol. The zero-order valence-electron chi connectivity index (χ0n) is 12.5. The zero-order valence-corrected chi connectivity index (χ0v) is 12.5. The molecule has 2 N–H and O–H groups in total. The number of carbonyl (C=O) groups is 1. The summed E-state index contributed by atoms with van der Waals surface area (Å²) in [4.78, 5) is 17.7. The molecule has 0 bridgehead atoms. The van der Waals surface area contributed by atoms with Crippen LogP contribution in [0, 0.1) is 17.8 Å². The lowest BCUT2D eigenvalue weighted by molar-refractivity contribution is -0.283. The predicted octanol–water partition coefficient (Wildman–Crippen LogP) is 2.39. The van der Waals surface area contributed by atoms with Gasteiger partial charge in [-0.3, -0.25) is 0 Å². The van der Waals surface area contributed by atoms with Crippen LogP contribution in [0.15, 0.2) is 11.8 Å². The van der Waals surface area contributed by atoms with E-state index in [1.54, 1.807) is 4.90 Å². The number of nitrogens with zero attached hydrogens (tertiary/aromatic N) is 1. The first-order valence-electron chi connectivity index (χ1n) is 7.10. The van der Waals surface area contributed by atoms with Crippen LogP contribution in [0.4, 0.5) is 4.79 Å². The van der Waals surface area contributed by atoms with Gasteiger partial charge in [0.15, 0.2) is 0 Å².